The minimum Gasteiger partial charge on any atom is -0.342 e. The van der Waals surface area contributed by atoms with E-state index in [1.54, 1.807) is 6.92 Å². The minimum absolute atomic E-state index is 0.152. The Morgan fingerprint density at radius 2 is 2.11 bits per heavy atom. The molecule has 1 atom stereocenters. The number of likely N-dealkylation sites (tertiary alicyclic amines) is 1. The van der Waals surface area contributed by atoms with Crippen molar-refractivity contribution in [3.63, 3.8) is 0 Å². The Kier molecular flexibility index (Phi) is 5.06. The lowest BCUT2D eigenvalue weighted by Gasteiger charge is -2.27. The number of piperidine rings is 1. The fraction of sp³-hybridized carbons (Fsp3) is 0.846. The molecular weight excluding hydrogens is 248 g/mol. The Balaban J connectivity index is 1.75. The summed E-state index contributed by atoms with van der Waals surface area (Å²) in [6.07, 6.45) is 2.98. The van der Waals surface area contributed by atoms with E-state index in [0.717, 1.165) is 31.9 Å². The van der Waals surface area contributed by atoms with Gasteiger partial charge in [0.1, 0.15) is 0 Å². The van der Waals surface area contributed by atoms with Gasteiger partial charge in [0, 0.05) is 32.2 Å². The van der Waals surface area contributed by atoms with Crippen LogP contribution in [0.2, 0.25) is 0 Å². The summed E-state index contributed by atoms with van der Waals surface area (Å²) in [5.41, 5.74) is 0. The van der Waals surface area contributed by atoms with Gasteiger partial charge in [0.2, 0.25) is 5.91 Å². The van der Waals surface area contributed by atoms with Crippen molar-refractivity contribution in [2.45, 2.75) is 26.2 Å². The van der Waals surface area contributed by atoms with E-state index < -0.39 is 0 Å². The maximum Gasteiger partial charge on any atom is 0.222 e. The highest BCUT2D eigenvalue weighted by Crippen LogP contribution is 2.24. The molecule has 1 amide bonds. The van der Waals surface area contributed by atoms with Crippen LogP contribution in [-0.2, 0) is 9.59 Å². The van der Waals surface area contributed by atoms with Crippen LogP contribution >= 0.6 is 11.8 Å². The highest BCUT2D eigenvalue weighted by molar-refractivity contribution is 8.13. The van der Waals surface area contributed by atoms with Crippen LogP contribution in [0.15, 0.2) is 0 Å². The summed E-state index contributed by atoms with van der Waals surface area (Å²) in [6, 6.07) is 0. The molecule has 2 heterocycles. The van der Waals surface area contributed by atoms with E-state index in [4.69, 9.17) is 0 Å². The summed E-state index contributed by atoms with van der Waals surface area (Å²) in [5.74, 6) is 2.11. The molecule has 2 rings (SSSR count). The molecule has 0 saturated carbocycles. The molecule has 1 unspecified atom stereocenters. The molecule has 0 aromatic heterocycles. The molecule has 2 saturated heterocycles. The third-order valence-electron chi connectivity index (χ3n) is 3.75. The summed E-state index contributed by atoms with van der Waals surface area (Å²) < 4.78 is 0. The van der Waals surface area contributed by atoms with Crippen molar-refractivity contribution >= 4 is 22.8 Å². The van der Waals surface area contributed by atoms with Crippen LogP contribution in [0.3, 0.4) is 0 Å². The van der Waals surface area contributed by atoms with Gasteiger partial charge in [-0.2, -0.15) is 0 Å². The first-order valence-corrected chi connectivity index (χ1v) is 7.75. The average molecular weight is 270 g/mol. The molecule has 0 bridgehead atoms. The average Bonchev–Trinajstić information content (AvgIpc) is 2.69. The Morgan fingerprint density at radius 3 is 2.78 bits per heavy atom. The van der Waals surface area contributed by atoms with Crippen LogP contribution in [-0.4, -0.2) is 47.9 Å². The van der Waals surface area contributed by atoms with Crippen molar-refractivity contribution in [1.82, 2.24) is 10.2 Å². The van der Waals surface area contributed by atoms with E-state index in [0.29, 0.717) is 18.3 Å². The fourth-order valence-corrected chi connectivity index (χ4v) is 3.45. The van der Waals surface area contributed by atoms with Gasteiger partial charge < -0.3 is 10.2 Å². The maximum atomic E-state index is 11.9. The van der Waals surface area contributed by atoms with Gasteiger partial charge in [-0.05, 0) is 37.8 Å². The summed E-state index contributed by atoms with van der Waals surface area (Å²) >= 11 is 1.35. The van der Waals surface area contributed by atoms with Gasteiger partial charge in [0.05, 0.1) is 0 Å². The van der Waals surface area contributed by atoms with Crippen LogP contribution in [0.1, 0.15) is 26.2 Å². The Morgan fingerprint density at radius 1 is 1.39 bits per heavy atom. The van der Waals surface area contributed by atoms with Crippen molar-refractivity contribution in [3.8, 4) is 0 Å². The van der Waals surface area contributed by atoms with Crippen molar-refractivity contribution in [3.05, 3.63) is 0 Å². The van der Waals surface area contributed by atoms with Gasteiger partial charge in [-0.25, -0.2) is 0 Å². The number of hydrogen-bond donors (Lipinski definition) is 1. The summed E-state index contributed by atoms with van der Waals surface area (Å²) in [6.45, 7) is 5.52. The van der Waals surface area contributed by atoms with Gasteiger partial charge in [-0.15, -0.1) is 0 Å². The molecule has 0 aliphatic carbocycles. The molecule has 0 aromatic carbocycles. The Bertz CT molecular complexity index is 316. The number of thioether (sulfide) groups is 1. The fourth-order valence-electron chi connectivity index (χ4n) is 2.75. The second-order valence-electron chi connectivity index (χ2n) is 5.36. The molecule has 0 radical (unpaired) electrons. The third kappa shape index (κ3) is 3.99. The van der Waals surface area contributed by atoms with Crippen LogP contribution < -0.4 is 5.32 Å². The number of carbonyl (C=O) groups excluding carboxylic acids is 2. The Labute approximate surface area is 113 Å². The third-order valence-corrected chi connectivity index (χ3v) is 4.80. The number of hydrogen-bond acceptors (Lipinski definition) is 4. The molecule has 4 nitrogen and oxygen atoms in total. The SMILES string of the molecule is CC(=O)SCC1CC(=O)N(CC2CCNCC2)C1. The lowest BCUT2D eigenvalue weighted by atomic mass is 9.98. The molecular formula is C13H22N2O2S. The molecule has 102 valence electrons. The van der Waals surface area contributed by atoms with E-state index in [-0.39, 0.29) is 11.0 Å². The number of nitrogens with zero attached hydrogens (tertiary/aromatic N) is 1. The lowest BCUT2D eigenvalue weighted by molar-refractivity contribution is -0.128. The van der Waals surface area contributed by atoms with E-state index in [1.807, 2.05) is 4.90 Å². The van der Waals surface area contributed by atoms with Crippen molar-refractivity contribution < 1.29 is 9.59 Å². The highest BCUT2D eigenvalue weighted by atomic mass is 32.2. The van der Waals surface area contributed by atoms with Crippen LogP contribution in [0.5, 0.6) is 0 Å². The van der Waals surface area contributed by atoms with E-state index in [2.05, 4.69) is 5.32 Å². The molecule has 0 spiro atoms. The van der Waals surface area contributed by atoms with Gasteiger partial charge in [0.25, 0.3) is 0 Å². The number of rotatable bonds is 4. The van der Waals surface area contributed by atoms with Crippen molar-refractivity contribution in [2.24, 2.45) is 11.8 Å². The summed E-state index contributed by atoms with van der Waals surface area (Å²) in [5, 5.41) is 3.50. The van der Waals surface area contributed by atoms with E-state index in [9.17, 15) is 9.59 Å². The topological polar surface area (TPSA) is 49.4 Å². The van der Waals surface area contributed by atoms with Gasteiger partial charge in [-0.3, -0.25) is 9.59 Å². The minimum atomic E-state index is 0.152. The monoisotopic (exact) mass is 270 g/mol. The predicted octanol–water partition coefficient (Wildman–Crippen LogP) is 1.11. The largest absolute Gasteiger partial charge is 0.342 e. The molecule has 1 N–H and O–H groups in total. The van der Waals surface area contributed by atoms with Crippen LogP contribution in [0.25, 0.3) is 0 Å². The first-order chi connectivity index (χ1) is 8.65. The van der Waals surface area contributed by atoms with Crippen LogP contribution in [0.4, 0.5) is 0 Å². The first-order valence-electron chi connectivity index (χ1n) is 6.77. The zero-order valence-corrected chi connectivity index (χ0v) is 11.8. The van der Waals surface area contributed by atoms with Crippen molar-refractivity contribution in [2.75, 3.05) is 31.9 Å². The second-order valence-corrected chi connectivity index (χ2v) is 6.56. The molecule has 2 aliphatic heterocycles. The van der Waals surface area contributed by atoms with Gasteiger partial charge >= 0.3 is 0 Å². The smallest absolute Gasteiger partial charge is 0.222 e. The number of amides is 1. The summed E-state index contributed by atoms with van der Waals surface area (Å²) in [4.78, 5) is 24.9. The maximum absolute atomic E-state index is 11.9. The normalized spacial score (nSPS) is 25.7. The number of carbonyl (C=O) groups is 2. The summed E-state index contributed by atoms with van der Waals surface area (Å²) in [7, 11) is 0. The molecule has 2 fully saturated rings. The van der Waals surface area contributed by atoms with Gasteiger partial charge in [-0.1, -0.05) is 11.8 Å². The van der Waals surface area contributed by atoms with Gasteiger partial charge in [0.15, 0.2) is 5.12 Å². The standard InChI is InChI=1S/C13H22N2O2S/c1-10(16)18-9-12-6-13(17)15(8-12)7-11-2-4-14-5-3-11/h11-12,14H,2-9H2,1H3. The van der Waals surface area contributed by atoms with E-state index in [1.165, 1.54) is 24.6 Å². The van der Waals surface area contributed by atoms with Crippen molar-refractivity contribution in [1.29, 1.82) is 0 Å². The predicted molar refractivity (Wildman–Crippen MR) is 73.4 cm³/mol. The first kappa shape index (κ1) is 13.9. The molecule has 0 aromatic rings. The highest BCUT2D eigenvalue weighted by Gasteiger charge is 2.31. The molecule has 18 heavy (non-hydrogen) atoms. The molecule has 5 heteroatoms. The molecule has 2 aliphatic rings. The zero-order chi connectivity index (χ0) is 13.0. The van der Waals surface area contributed by atoms with E-state index >= 15 is 0 Å². The lowest BCUT2D eigenvalue weighted by Crippen LogP contribution is -2.37. The van der Waals surface area contributed by atoms with Crippen LogP contribution in [0, 0.1) is 11.8 Å². The number of nitrogens with one attached hydrogen (secondary N) is 1. The second kappa shape index (κ2) is 6.57. The zero-order valence-electron chi connectivity index (χ0n) is 11.0. The Hall–Kier alpha value is -0.550. The quantitative estimate of drug-likeness (QED) is 0.831.